The molecule has 1 saturated heterocycles. The summed E-state index contributed by atoms with van der Waals surface area (Å²) in [5, 5.41) is 3.25. The van der Waals surface area contributed by atoms with Gasteiger partial charge in [-0.15, -0.1) is 0 Å². The number of hydrogen-bond acceptors (Lipinski definition) is 4. The third kappa shape index (κ3) is 5.68. The van der Waals surface area contributed by atoms with Gasteiger partial charge in [0.15, 0.2) is 0 Å². The van der Waals surface area contributed by atoms with Crippen molar-refractivity contribution in [2.24, 2.45) is 0 Å². The molecule has 0 unspecified atom stereocenters. The molecule has 1 aliphatic rings. The maximum Gasteiger partial charge on any atom is 0.214 e. The Balaban J connectivity index is 2.62. The van der Waals surface area contributed by atoms with Crippen LogP contribution in [0.3, 0.4) is 0 Å². The molecule has 0 aliphatic carbocycles. The Morgan fingerprint density at radius 3 is 2.10 bits per heavy atom. The van der Waals surface area contributed by atoms with E-state index < -0.39 is 21.2 Å². The normalized spacial score (nSPS) is 23.1. The second-order valence-corrected chi connectivity index (χ2v) is 9.26. The molecule has 6 heteroatoms. The van der Waals surface area contributed by atoms with Gasteiger partial charge in [-0.3, -0.25) is 0 Å². The highest BCUT2D eigenvalue weighted by Gasteiger charge is 2.42. The summed E-state index contributed by atoms with van der Waals surface area (Å²) in [5.74, 6) is 0.193. The first-order valence-electron chi connectivity index (χ1n) is 7.35. The molecule has 1 N–H and O–H groups in total. The van der Waals surface area contributed by atoms with Crippen LogP contribution in [0.2, 0.25) is 0 Å². The van der Waals surface area contributed by atoms with Crippen LogP contribution in [-0.4, -0.2) is 55.4 Å². The molecule has 0 aromatic rings. The van der Waals surface area contributed by atoms with Crippen molar-refractivity contribution in [1.82, 2.24) is 9.62 Å². The molecule has 20 heavy (non-hydrogen) atoms. The monoisotopic (exact) mass is 306 g/mol. The van der Waals surface area contributed by atoms with Gasteiger partial charge in [0.25, 0.3) is 0 Å². The SMILES string of the molecule is CC(C)NCCCS(=O)(=O)N1CC(C)(C)OC(C)(C)C1. The van der Waals surface area contributed by atoms with Crippen LogP contribution in [0, 0.1) is 0 Å². The number of nitrogens with zero attached hydrogens (tertiary/aromatic N) is 1. The maximum atomic E-state index is 12.4. The van der Waals surface area contributed by atoms with Gasteiger partial charge in [0.1, 0.15) is 0 Å². The lowest BCUT2D eigenvalue weighted by molar-refractivity contribution is -0.163. The second kappa shape index (κ2) is 6.30. The van der Waals surface area contributed by atoms with E-state index in [4.69, 9.17) is 4.74 Å². The van der Waals surface area contributed by atoms with E-state index in [1.807, 2.05) is 27.7 Å². The fourth-order valence-electron chi connectivity index (χ4n) is 2.69. The van der Waals surface area contributed by atoms with Crippen LogP contribution in [0.25, 0.3) is 0 Å². The average Bonchev–Trinajstić information content (AvgIpc) is 2.19. The summed E-state index contributed by atoms with van der Waals surface area (Å²) >= 11 is 0. The maximum absolute atomic E-state index is 12.4. The molecule has 0 amide bonds. The Morgan fingerprint density at radius 1 is 1.15 bits per heavy atom. The van der Waals surface area contributed by atoms with Crippen molar-refractivity contribution >= 4 is 10.0 Å². The standard InChI is InChI=1S/C14H30N2O3S/c1-12(2)15-8-7-9-20(17,18)16-10-13(3,4)19-14(5,6)11-16/h12,15H,7-11H2,1-6H3. The lowest BCUT2D eigenvalue weighted by Gasteiger charge is -2.46. The zero-order valence-corrected chi connectivity index (χ0v) is 14.5. The average molecular weight is 306 g/mol. The smallest absolute Gasteiger partial charge is 0.214 e. The molecule has 0 aromatic carbocycles. The van der Waals surface area contributed by atoms with E-state index in [2.05, 4.69) is 19.2 Å². The molecule has 1 fully saturated rings. The largest absolute Gasteiger partial charge is 0.367 e. The predicted molar refractivity (Wildman–Crippen MR) is 82.4 cm³/mol. The highest BCUT2D eigenvalue weighted by Crippen LogP contribution is 2.29. The Bertz CT molecular complexity index is 400. The van der Waals surface area contributed by atoms with Crippen LogP contribution in [0.15, 0.2) is 0 Å². The van der Waals surface area contributed by atoms with Gasteiger partial charge in [0, 0.05) is 19.1 Å². The van der Waals surface area contributed by atoms with Crippen molar-refractivity contribution in [2.75, 3.05) is 25.4 Å². The zero-order chi connectivity index (χ0) is 15.6. The summed E-state index contributed by atoms with van der Waals surface area (Å²) in [4.78, 5) is 0. The van der Waals surface area contributed by atoms with Gasteiger partial charge in [-0.25, -0.2) is 8.42 Å². The first-order valence-corrected chi connectivity index (χ1v) is 8.96. The number of hydrogen-bond donors (Lipinski definition) is 1. The Hall–Kier alpha value is -0.170. The van der Waals surface area contributed by atoms with E-state index in [0.29, 0.717) is 25.6 Å². The summed E-state index contributed by atoms with van der Waals surface area (Å²) in [6.07, 6.45) is 0.638. The third-order valence-electron chi connectivity index (χ3n) is 3.19. The molecular weight excluding hydrogens is 276 g/mol. The first kappa shape index (κ1) is 17.9. The van der Waals surface area contributed by atoms with Gasteiger partial charge < -0.3 is 10.1 Å². The summed E-state index contributed by atoms with van der Waals surface area (Å²) in [6.45, 7) is 13.5. The van der Waals surface area contributed by atoms with E-state index in [1.165, 1.54) is 0 Å². The van der Waals surface area contributed by atoms with Crippen LogP contribution in [0.1, 0.15) is 48.0 Å². The molecule has 0 aromatic heterocycles. The quantitative estimate of drug-likeness (QED) is 0.757. The van der Waals surface area contributed by atoms with Gasteiger partial charge >= 0.3 is 0 Å². The molecule has 5 nitrogen and oxygen atoms in total. The number of ether oxygens (including phenoxy) is 1. The minimum atomic E-state index is -3.21. The van der Waals surface area contributed by atoms with Crippen molar-refractivity contribution < 1.29 is 13.2 Å². The van der Waals surface area contributed by atoms with E-state index >= 15 is 0 Å². The Labute approximate surface area is 124 Å². The molecule has 1 aliphatic heterocycles. The fraction of sp³-hybridized carbons (Fsp3) is 1.00. The Morgan fingerprint density at radius 2 is 1.65 bits per heavy atom. The minimum absolute atomic E-state index is 0.193. The van der Waals surface area contributed by atoms with Gasteiger partial charge in [-0.2, -0.15) is 4.31 Å². The molecule has 1 rings (SSSR count). The number of rotatable bonds is 6. The molecule has 0 spiro atoms. The summed E-state index contributed by atoms with van der Waals surface area (Å²) in [6, 6.07) is 0.388. The van der Waals surface area contributed by atoms with Crippen molar-refractivity contribution in [3.8, 4) is 0 Å². The molecular formula is C14H30N2O3S. The van der Waals surface area contributed by atoms with Crippen molar-refractivity contribution in [3.05, 3.63) is 0 Å². The molecule has 0 atom stereocenters. The lowest BCUT2D eigenvalue weighted by atomic mass is 10.0. The molecule has 0 bridgehead atoms. The number of sulfonamides is 1. The van der Waals surface area contributed by atoms with Gasteiger partial charge in [0.05, 0.1) is 17.0 Å². The van der Waals surface area contributed by atoms with Crippen molar-refractivity contribution in [2.45, 2.75) is 65.2 Å². The predicted octanol–water partition coefficient (Wildman–Crippen LogP) is 1.59. The van der Waals surface area contributed by atoms with Gasteiger partial charge in [0.2, 0.25) is 10.0 Å². The van der Waals surface area contributed by atoms with Crippen LogP contribution >= 0.6 is 0 Å². The summed E-state index contributed by atoms with van der Waals surface area (Å²) < 4.78 is 32.4. The molecule has 0 radical (unpaired) electrons. The molecule has 0 saturated carbocycles. The first-order chi connectivity index (χ1) is 8.94. The van der Waals surface area contributed by atoms with Crippen LogP contribution < -0.4 is 5.32 Å². The third-order valence-corrected chi connectivity index (χ3v) is 5.04. The van der Waals surface area contributed by atoms with E-state index in [9.17, 15) is 8.42 Å². The van der Waals surface area contributed by atoms with Gasteiger partial charge in [-0.1, -0.05) is 13.8 Å². The number of nitrogens with one attached hydrogen (secondary N) is 1. The number of morpholine rings is 1. The van der Waals surface area contributed by atoms with Crippen LogP contribution in [0.5, 0.6) is 0 Å². The van der Waals surface area contributed by atoms with Crippen LogP contribution in [-0.2, 0) is 14.8 Å². The molecule has 120 valence electrons. The van der Waals surface area contributed by atoms with E-state index in [-0.39, 0.29) is 5.75 Å². The Kier molecular flexibility index (Phi) is 5.63. The summed E-state index contributed by atoms with van der Waals surface area (Å²) in [7, 11) is -3.21. The lowest BCUT2D eigenvalue weighted by Crippen LogP contribution is -2.58. The van der Waals surface area contributed by atoms with Crippen LogP contribution in [0.4, 0.5) is 0 Å². The highest BCUT2D eigenvalue weighted by molar-refractivity contribution is 7.89. The zero-order valence-electron chi connectivity index (χ0n) is 13.7. The van der Waals surface area contributed by atoms with E-state index in [1.54, 1.807) is 4.31 Å². The van der Waals surface area contributed by atoms with Crippen molar-refractivity contribution in [3.63, 3.8) is 0 Å². The summed E-state index contributed by atoms with van der Waals surface area (Å²) in [5.41, 5.74) is -0.879. The fourth-order valence-corrected chi connectivity index (χ4v) is 4.47. The second-order valence-electron chi connectivity index (χ2n) is 7.17. The topological polar surface area (TPSA) is 58.6 Å². The van der Waals surface area contributed by atoms with E-state index in [0.717, 1.165) is 6.54 Å². The minimum Gasteiger partial charge on any atom is -0.367 e. The van der Waals surface area contributed by atoms with Crippen molar-refractivity contribution in [1.29, 1.82) is 0 Å². The molecule has 1 heterocycles. The highest BCUT2D eigenvalue weighted by atomic mass is 32.2. The van der Waals surface area contributed by atoms with Gasteiger partial charge in [-0.05, 0) is 40.7 Å².